The zero-order valence-electron chi connectivity index (χ0n) is 15.4. The van der Waals surface area contributed by atoms with Gasteiger partial charge in [0, 0.05) is 5.56 Å². The highest BCUT2D eigenvalue weighted by molar-refractivity contribution is 5.93. The second-order valence-corrected chi connectivity index (χ2v) is 6.70. The Bertz CT molecular complexity index is 1260. The Morgan fingerprint density at radius 2 is 1.68 bits per heavy atom. The van der Waals surface area contributed by atoms with Gasteiger partial charge in [0.15, 0.2) is 5.65 Å². The van der Waals surface area contributed by atoms with Crippen LogP contribution in [0.5, 0.6) is 5.75 Å². The molecular formula is C23H18N4O. The highest BCUT2D eigenvalue weighted by atomic mass is 16.5. The van der Waals surface area contributed by atoms with E-state index in [1.54, 1.807) is 6.33 Å². The Balaban J connectivity index is 1.70. The van der Waals surface area contributed by atoms with Gasteiger partial charge in [0.25, 0.3) is 0 Å². The zero-order chi connectivity index (χ0) is 18.9. The van der Waals surface area contributed by atoms with E-state index in [0.29, 0.717) is 6.61 Å². The zero-order valence-corrected chi connectivity index (χ0v) is 15.4. The van der Waals surface area contributed by atoms with Crippen molar-refractivity contribution in [1.29, 1.82) is 0 Å². The molecule has 5 nitrogen and oxygen atoms in total. The molecule has 0 saturated heterocycles. The van der Waals surface area contributed by atoms with Crippen molar-refractivity contribution < 1.29 is 4.74 Å². The first kappa shape index (κ1) is 16.4. The molecule has 2 aromatic heterocycles. The molecule has 136 valence electrons. The van der Waals surface area contributed by atoms with Crippen LogP contribution in [0.3, 0.4) is 0 Å². The predicted molar refractivity (Wildman–Crippen MR) is 109 cm³/mol. The van der Waals surface area contributed by atoms with Crippen LogP contribution in [0.15, 0.2) is 79.1 Å². The maximum Gasteiger partial charge on any atom is 0.182 e. The summed E-state index contributed by atoms with van der Waals surface area (Å²) in [6.45, 7) is 2.43. The normalized spacial score (nSPS) is 11.2. The molecule has 3 aromatic carbocycles. The van der Waals surface area contributed by atoms with Crippen molar-refractivity contribution >= 4 is 16.7 Å². The summed E-state index contributed by atoms with van der Waals surface area (Å²) in [4.78, 5) is 4.85. The largest absolute Gasteiger partial charge is 0.489 e. The molecule has 0 spiro atoms. The van der Waals surface area contributed by atoms with Gasteiger partial charge < -0.3 is 4.74 Å². The van der Waals surface area contributed by atoms with E-state index in [2.05, 4.69) is 34.5 Å². The molecule has 0 aliphatic carbocycles. The van der Waals surface area contributed by atoms with E-state index in [1.807, 2.05) is 59.9 Å². The number of fused-ring (bicyclic) bond motifs is 3. The van der Waals surface area contributed by atoms with Crippen LogP contribution in [0.25, 0.3) is 27.8 Å². The summed E-state index contributed by atoms with van der Waals surface area (Å²) in [5.74, 6) is 0.848. The van der Waals surface area contributed by atoms with Crippen molar-refractivity contribution in [3.63, 3.8) is 0 Å². The van der Waals surface area contributed by atoms with Crippen LogP contribution in [-0.4, -0.2) is 19.6 Å². The van der Waals surface area contributed by atoms with Crippen molar-refractivity contribution in [3.8, 4) is 16.9 Å². The van der Waals surface area contributed by atoms with Crippen LogP contribution in [-0.2, 0) is 6.61 Å². The van der Waals surface area contributed by atoms with E-state index < -0.39 is 0 Å². The van der Waals surface area contributed by atoms with Crippen LogP contribution in [0.2, 0.25) is 0 Å². The molecule has 0 aliphatic rings. The lowest BCUT2D eigenvalue weighted by Gasteiger charge is -2.13. The first-order chi connectivity index (χ1) is 13.8. The van der Waals surface area contributed by atoms with Gasteiger partial charge in [-0.3, -0.25) is 4.40 Å². The van der Waals surface area contributed by atoms with Gasteiger partial charge >= 0.3 is 0 Å². The Kier molecular flexibility index (Phi) is 3.98. The number of benzene rings is 3. The van der Waals surface area contributed by atoms with Crippen LogP contribution in [0, 0.1) is 6.92 Å². The number of hydrogen-bond donors (Lipinski definition) is 0. The van der Waals surface area contributed by atoms with E-state index in [4.69, 9.17) is 9.72 Å². The van der Waals surface area contributed by atoms with Crippen LogP contribution < -0.4 is 4.74 Å². The molecule has 0 fully saturated rings. The van der Waals surface area contributed by atoms with E-state index in [9.17, 15) is 0 Å². The molecule has 0 saturated carbocycles. The lowest BCUT2D eigenvalue weighted by Crippen LogP contribution is -2.01. The number of hydrogen-bond acceptors (Lipinski definition) is 4. The summed E-state index contributed by atoms with van der Waals surface area (Å²) in [6.07, 6.45) is 1.74. The summed E-state index contributed by atoms with van der Waals surface area (Å²) >= 11 is 0. The molecule has 5 heteroatoms. The lowest BCUT2D eigenvalue weighted by atomic mass is 10.0. The van der Waals surface area contributed by atoms with Gasteiger partial charge in [0.2, 0.25) is 0 Å². The molecule has 0 N–H and O–H groups in total. The standard InChI is InChI=1S/C23H18N4O/c1-16-23-26-24-15-27(23)21-13-17(14-28-19-10-6-3-7-11-19)12-20(22(21)25-16)18-8-4-2-5-9-18/h2-13,15H,14H2,1H3. The quantitative estimate of drug-likeness (QED) is 0.457. The van der Waals surface area contributed by atoms with Crippen molar-refractivity contribution in [2.75, 3.05) is 0 Å². The highest BCUT2D eigenvalue weighted by Gasteiger charge is 2.14. The monoisotopic (exact) mass is 366 g/mol. The van der Waals surface area contributed by atoms with Crippen molar-refractivity contribution in [3.05, 3.63) is 90.4 Å². The number of rotatable bonds is 4. The van der Waals surface area contributed by atoms with Crippen LogP contribution in [0.1, 0.15) is 11.3 Å². The fourth-order valence-electron chi connectivity index (χ4n) is 3.46. The summed E-state index contributed by atoms with van der Waals surface area (Å²) < 4.78 is 7.98. The average molecular weight is 366 g/mol. The van der Waals surface area contributed by atoms with Crippen LogP contribution >= 0.6 is 0 Å². The first-order valence-corrected chi connectivity index (χ1v) is 9.16. The molecule has 0 radical (unpaired) electrons. The second kappa shape index (κ2) is 6.78. The fraction of sp³-hybridized carbons (Fsp3) is 0.0870. The summed E-state index contributed by atoms with van der Waals surface area (Å²) in [7, 11) is 0. The number of ether oxygens (including phenoxy) is 1. The first-order valence-electron chi connectivity index (χ1n) is 9.16. The minimum atomic E-state index is 0.470. The molecule has 0 amide bonds. The molecule has 0 unspecified atom stereocenters. The van der Waals surface area contributed by atoms with Gasteiger partial charge in [0.1, 0.15) is 18.7 Å². The second-order valence-electron chi connectivity index (χ2n) is 6.70. The minimum absolute atomic E-state index is 0.470. The molecule has 0 atom stereocenters. The van der Waals surface area contributed by atoms with Gasteiger partial charge in [-0.2, -0.15) is 0 Å². The van der Waals surface area contributed by atoms with E-state index in [0.717, 1.165) is 44.8 Å². The van der Waals surface area contributed by atoms with Crippen molar-refractivity contribution in [2.24, 2.45) is 0 Å². The number of aromatic nitrogens is 4. The smallest absolute Gasteiger partial charge is 0.182 e. The van der Waals surface area contributed by atoms with Gasteiger partial charge in [-0.1, -0.05) is 48.5 Å². The minimum Gasteiger partial charge on any atom is -0.489 e. The topological polar surface area (TPSA) is 52.3 Å². The Morgan fingerprint density at radius 3 is 2.46 bits per heavy atom. The maximum atomic E-state index is 5.99. The third kappa shape index (κ3) is 2.87. The summed E-state index contributed by atoms with van der Waals surface area (Å²) in [5, 5.41) is 8.29. The summed E-state index contributed by atoms with van der Waals surface area (Å²) in [5.41, 5.74) is 6.79. The molecule has 0 bridgehead atoms. The van der Waals surface area contributed by atoms with E-state index in [-0.39, 0.29) is 0 Å². The highest BCUT2D eigenvalue weighted by Crippen LogP contribution is 2.30. The molecular weight excluding hydrogens is 348 g/mol. The lowest BCUT2D eigenvalue weighted by molar-refractivity contribution is 0.306. The van der Waals surface area contributed by atoms with Gasteiger partial charge in [-0.25, -0.2) is 4.98 Å². The van der Waals surface area contributed by atoms with E-state index in [1.165, 1.54) is 0 Å². The average Bonchev–Trinajstić information content (AvgIpc) is 3.25. The molecule has 2 heterocycles. The summed E-state index contributed by atoms with van der Waals surface area (Å²) in [6, 6.07) is 24.4. The number of para-hydroxylation sites is 1. The molecule has 5 aromatic rings. The number of aryl methyl sites for hydroxylation is 1. The Morgan fingerprint density at radius 1 is 0.929 bits per heavy atom. The van der Waals surface area contributed by atoms with Gasteiger partial charge in [-0.15, -0.1) is 10.2 Å². The molecule has 5 rings (SSSR count). The Labute approximate surface area is 162 Å². The fourth-order valence-corrected chi connectivity index (χ4v) is 3.46. The molecule has 0 aliphatic heterocycles. The Hall–Kier alpha value is -3.73. The van der Waals surface area contributed by atoms with Crippen molar-refractivity contribution in [2.45, 2.75) is 13.5 Å². The van der Waals surface area contributed by atoms with Gasteiger partial charge in [-0.05, 0) is 42.3 Å². The van der Waals surface area contributed by atoms with Crippen molar-refractivity contribution in [1.82, 2.24) is 19.6 Å². The number of nitrogens with zero attached hydrogens (tertiary/aromatic N) is 4. The van der Waals surface area contributed by atoms with E-state index >= 15 is 0 Å². The maximum absolute atomic E-state index is 5.99. The van der Waals surface area contributed by atoms with Gasteiger partial charge in [0.05, 0.1) is 16.7 Å². The molecule has 28 heavy (non-hydrogen) atoms. The third-order valence-electron chi connectivity index (χ3n) is 4.79. The van der Waals surface area contributed by atoms with Crippen LogP contribution in [0.4, 0.5) is 0 Å². The predicted octanol–water partition coefficient (Wildman–Crippen LogP) is 4.83. The SMILES string of the molecule is Cc1nc2c(-c3ccccc3)cc(COc3ccccc3)cc2n2cnnc12. The third-order valence-corrected chi connectivity index (χ3v) is 4.79.